The Morgan fingerprint density at radius 3 is 2.29 bits per heavy atom. The number of aromatic nitrogens is 2. The first-order chi connectivity index (χ1) is 15.1. The summed E-state index contributed by atoms with van der Waals surface area (Å²) < 4.78 is 0. The van der Waals surface area contributed by atoms with E-state index >= 15 is 0 Å². The molecule has 0 amide bonds. The van der Waals surface area contributed by atoms with Crippen molar-refractivity contribution in [2.75, 3.05) is 37.4 Å². The van der Waals surface area contributed by atoms with E-state index in [1.165, 1.54) is 31.2 Å². The summed E-state index contributed by atoms with van der Waals surface area (Å²) in [5, 5.41) is 9.01. The fraction of sp³-hybridized carbons (Fsp3) is 0.440. The molecular formula is C25H32ClN5. The lowest BCUT2D eigenvalue weighted by atomic mass is 9.82. The quantitative estimate of drug-likeness (QED) is 0.497. The molecule has 2 aromatic carbocycles. The van der Waals surface area contributed by atoms with Gasteiger partial charge in [-0.2, -0.15) is 4.98 Å². The molecule has 0 radical (unpaired) electrons. The summed E-state index contributed by atoms with van der Waals surface area (Å²) in [5.41, 5.74) is 2.27. The van der Waals surface area contributed by atoms with Gasteiger partial charge in [0.25, 0.3) is 0 Å². The third kappa shape index (κ3) is 5.86. The first-order valence-electron chi connectivity index (χ1n) is 11.2. The topological polar surface area (TPSA) is 53.1 Å². The van der Waals surface area contributed by atoms with Gasteiger partial charge in [-0.3, -0.25) is 0 Å². The van der Waals surface area contributed by atoms with Crippen LogP contribution in [0.4, 0.5) is 11.8 Å². The van der Waals surface area contributed by atoms with E-state index in [4.69, 9.17) is 21.6 Å². The Hall–Kier alpha value is -2.37. The number of para-hydroxylation sites is 1. The molecule has 1 aromatic heterocycles. The van der Waals surface area contributed by atoms with Crippen LogP contribution in [0, 0.1) is 11.8 Å². The van der Waals surface area contributed by atoms with Crippen molar-refractivity contribution in [2.24, 2.45) is 11.8 Å². The highest BCUT2D eigenvalue weighted by Crippen LogP contribution is 2.29. The van der Waals surface area contributed by atoms with E-state index in [2.05, 4.69) is 39.8 Å². The molecular weight excluding hydrogens is 406 g/mol. The molecule has 1 fully saturated rings. The van der Waals surface area contributed by atoms with Crippen LogP contribution in [-0.2, 0) is 6.54 Å². The summed E-state index contributed by atoms with van der Waals surface area (Å²) in [4.78, 5) is 11.5. The summed E-state index contributed by atoms with van der Waals surface area (Å²) in [6.07, 6.45) is 5.08. The second kappa shape index (κ2) is 10.3. The first-order valence-corrected chi connectivity index (χ1v) is 11.6. The third-order valence-electron chi connectivity index (χ3n) is 6.20. The second-order valence-electron chi connectivity index (χ2n) is 8.81. The number of rotatable bonds is 8. The lowest BCUT2D eigenvalue weighted by Crippen LogP contribution is -2.28. The Morgan fingerprint density at radius 1 is 0.903 bits per heavy atom. The molecule has 0 aliphatic heterocycles. The van der Waals surface area contributed by atoms with Crippen LogP contribution in [0.3, 0.4) is 0 Å². The second-order valence-corrected chi connectivity index (χ2v) is 9.24. The van der Waals surface area contributed by atoms with Crippen LogP contribution in [0.15, 0.2) is 48.5 Å². The Morgan fingerprint density at radius 2 is 1.58 bits per heavy atom. The normalized spacial score (nSPS) is 18.8. The molecule has 5 nitrogen and oxygen atoms in total. The minimum absolute atomic E-state index is 0.686. The summed E-state index contributed by atoms with van der Waals surface area (Å²) in [7, 11) is 4.06. The van der Waals surface area contributed by atoms with Gasteiger partial charge in [0.1, 0.15) is 5.82 Å². The molecule has 3 aromatic rings. The predicted molar refractivity (Wildman–Crippen MR) is 131 cm³/mol. The van der Waals surface area contributed by atoms with Crippen molar-refractivity contribution in [3.05, 3.63) is 59.1 Å². The lowest BCUT2D eigenvalue weighted by molar-refractivity contribution is 0.275. The maximum absolute atomic E-state index is 5.96. The van der Waals surface area contributed by atoms with Gasteiger partial charge in [-0.05, 0) is 73.9 Å². The fourth-order valence-corrected chi connectivity index (χ4v) is 4.50. The van der Waals surface area contributed by atoms with E-state index in [1.807, 2.05) is 38.4 Å². The lowest BCUT2D eigenvalue weighted by Gasteiger charge is -2.29. The number of benzene rings is 2. The van der Waals surface area contributed by atoms with E-state index < -0.39 is 0 Å². The highest BCUT2D eigenvalue weighted by molar-refractivity contribution is 6.30. The summed E-state index contributed by atoms with van der Waals surface area (Å²) >= 11 is 5.96. The highest BCUT2D eigenvalue weighted by Gasteiger charge is 2.21. The van der Waals surface area contributed by atoms with E-state index in [0.717, 1.165) is 53.2 Å². The Bertz CT molecular complexity index is 981. The van der Waals surface area contributed by atoms with Crippen molar-refractivity contribution < 1.29 is 0 Å². The fourth-order valence-electron chi connectivity index (χ4n) is 4.38. The highest BCUT2D eigenvalue weighted by atomic mass is 35.5. The van der Waals surface area contributed by atoms with Gasteiger partial charge in [0.2, 0.25) is 5.95 Å². The molecule has 0 saturated heterocycles. The zero-order valence-corrected chi connectivity index (χ0v) is 19.2. The number of fused-ring (bicyclic) bond motifs is 1. The van der Waals surface area contributed by atoms with E-state index in [-0.39, 0.29) is 0 Å². The Kier molecular flexibility index (Phi) is 7.25. The van der Waals surface area contributed by atoms with Gasteiger partial charge in [0.15, 0.2) is 0 Å². The first kappa shape index (κ1) is 21.8. The smallest absolute Gasteiger partial charge is 0.225 e. The predicted octanol–water partition coefficient (Wildman–Crippen LogP) is 5.36. The SMILES string of the molecule is CN(C)c1nc(NCC2CCC(CNCc3ccc(Cl)cc3)CC2)nc2ccccc12. The minimum atomic E-state index is 0.686. The number of halogens is 1. The van der Waals surface area contributed by atoms with Gasteiger partial charge in [-0.15, -0.1) is 0 Å². The number of nitrogens with zero attached hydrogens (tertiary/aromatic N) is 3. The molecule has 1 aliphatic carbocycles. The van der Waals surface area contributed by atoms with Crippen LogP contribution >= 0.6 is 11.6 Å². The third-order valence-corrected chi connectivity index (χ3v) is 6.45. The molecule has 0 atom stereocenters. The van der Waals surface area contributed by atoms with E-state index in [1.54, 1.807) is 0 Å². The zero-order chi connectivity index (χ0) is 21.6. The average molecular weight is 438 g/mol. The van der Waals surface area contributed by atoms with Crippen molar-refractivity contribution >= 4 is 34.3 Å². The van der Waals surface area contributed by atoms with Crippen molar-refractivity contribution in [1.29, 1.82) is 0 Å². The molecule has 1 saturated carbocycles. The van der Waals surface area contributed by atoms with Gasteiger partial charge in [0, 0.05) is 37.6 Å². The van der Waals surface area contributed by atoms with Crippen molar-refractivity contribution in [1.82, 2.24) is 15.3 Å². The van der Waals surface area contributed by atoms with Gasteiger partial charge in [-0.1, -0.05) is 35.9 Å². The molecule has 31 heavy (non-hydrogen) atoms. The average Bonchev–Trinajstić information content (AvgIpc) is 2.79. The Labute approximate surface area is 190 Å². The standard InChI is InChI=1S/C25H32ClN5/c1-31(2)24-22-5-3-4-6-23(22)29-25(30-24)28-17-20-9-7-18(8-10-20)15-27-16-19-11-13-21(26)14-12-19/h3-6,11-14,18,20,27H,7-10,15-17H2,1-2H3,(H,28,29,30). The van der Waals surface area contributed by atoms with Crippen molar-refractivity contribution in [3.63, 3.8) is 0 Å². The molecule has 2 N–H and O–H groups in total. The zero-order valence-electron chi connectivity index (χ0n) is 18.4. The number of anilines is 2. The van der Waals surface area contributed by atoms with E-state index in [9.17, 15) is 0 Å². The number of hydrogen-bond donors (Lipinski definition) is 2. The molecule has 6 heteroatoms. The Balaban J connectivity index is 1.23. The molecule has 164 valence electrons. The van der Waals surface area contributed by atoms with Crippen molar-refractivity contribution in [2.45, 2.75) is 32.2 Å². The molecule has 1 heterocycles. The van der Waals surface area contributed by atoms with E-state index in [0.29, 0.717) is 5.92 Å². The maximum Gasteiger partial charge on any atom is 0.225 e. The number of hydrogen-bond acceptors (Lipinski definition) is 5. The van der Waals surface area contributed by atoms with Crippen LogP contribution in [-0.4, -0.2) is 37.2 Å². The van der Waals surface area contributed by atoms with Crippen LogP contribution in [0.2, 0.25) is 5.02 Å². The molecule has 0 spiro atoms. The summed E-state index contributed by atoms with van der Waals surface area (Å²) in [5.74, 6) is 3.14. The van der Waals surface area contributed by atoms with Crippen molar-refractivity contribution in [3.8, 4) is 0 Å². The molecule has 0 bridgehead atoms. The van der Waals surface area contributed by atoms with Gasteiger partial charge >= 0.3 is 0 Å². The summed E-state index contributed by atoms with van der Waals surface area (Å²) in [6, 6.07) is 16.3. The van der Waals surface area contributed by atoms with Crippen LogP contribution < -0.4 is 15.5 Å². The van der Waals surface area contributed by atoms with Gasteiger partial charge in [-0.25, -0.2) is 4.98 Å². The van der Waals surface area contributed by atoms with Crippen LogP contribution in [0.25, 0.3) is 10.9 Å². The van der Waals surface area contributed by atoms with Gasteiger partial charge in [0.05, 0.1) is 5.52 Å². The largest absolute Gasteiger partial charge is 0.362 e. The number of nitrogens with one attached hydrogen (secondary N) is 2. The monoisotopic (exact) mass is 437 g/mol. The maximum atomic E-state index is 5.96. The minimum Gasteiger partial charge on any atom is -0.362 e. The molecule has 4 rings (SSSR count). The summed E-state index contributed by atoms with van der Waals surface area (Å²) in [6.45, 7) is 2.94. The molecule has 0 unspecified atom stereocenters. The van der Waals surface area contributed by atoms with Crippen LogP contribution in [0.1, 0.15) is 31.2 Å². The van der Waals surface area contributed by atoms with Crippen LogP contribution in [0.5, 0.6) is 0 Å². The molecule has 1 aliphatic rings. The van der Waals surface area contributed by atoms with Gasteiger partial charge < -0.3 is 15.5 Å².